The van der Waals surface area contributed by atoms with E-state index in [0.717, 1.165) is 70.6 Å². The highest BCUT2D eigenvalue weighted by Gasteiger charge is 2.27. The van der Waals surface area contributed by atoms with Crippen LogP contribution in [0.25, 0.3) is 0 Å². The third-order valence-electron chi connectivity index (χ3n) is 17.3. The van der Waals surface area contributed by atoms with Crippen LogP contribution >= 0.6 is 7.82 Å². The summed E-state index contributed by atoms with van der Waals surface area (Å²) in [7, 11) is 1.50. The van der Waals surface area contributed by atoms with Crippen LogP contribution in [0.4, 0.5) is 0 Å². The Balaban J connectivity index is 3.92. The summed E-state index contributed by atoms with van der Waals surface area (Å²) in [4.78, 5) is 35.9. The number of hydrogen-bond acceptors (Lipinski definition) is 7. The number of phosphoric acid groups is 1. The smallest absolute Gasteiger partial charge is 0.462 e. The first-order valence-corrected chi connectivity index (χ1v) is 40.2. The molecule has 0 saturated carbocycles. The molecule has 0 amide bonds. The minimum absolute atomic E-state index is 0.0341. The van der Waals surface area contributed by atoms with Gasteiger partial charge in [0.2, 0.25) is 0 Å². The number of phosphoric ester groups is 1. The molecule has 0 aromatic heterocycles. The van der Waals surface area contributed by atoms with Crippen LogP contribution < -0.4 is 0 Å². The first kappa shape index (κ1) is 87.5. The SMILES string of the molecule is CC/C=C\C/C=C\C/C=C\C/C=C\C/C=C\C/C=C\CCCCCCCCCCCCCCCCCCCCCCCCC(=O)OC(COC(=O)CCCCCCCCCCCCCCCCCCCCCCCCCCC)COP(=O)(O)OCC[N+](C)(C)C. The third-order valence-corrected chi connectivity index (χ3v) is 18.2. The maximum atomic E-state index is 12.9. The first-order chi connectivity index (χ1) is 44.0. The molecule has 0 spiro atoms. The Morgan fingerprint density at radius 3 is 0.944 bits per heavy atom. The zero-order chi connectivity index (χ0) is 65.5. The van der Waals surface area contributed by atoms with Gasteiger partial charge in [-0.2, -0.15) is 0 Å². The van der Waals surface area contributed by atoms with Crippen LogP contribution in [0, 0.1) is 0 Å². The predicted molar refractivity (Wildman–Crippen MR) is 390 cm³/mol. The number of ether oxygens (including phenoxy) is 2. The molecule has 10 heteroatoms. The average molecular weight is 1280 g/mol. The lowest BCUT2D eigenvalue weighted by molar-refractivity contribution is -0.870. The van der Waals surface area contributed by atoms with Gasteiger partial charge < -0.3 is 18.9 Å². The van der Waals surface area contributed by atoms with Crippen LogP contribution in [0.5, 0.6) is 0 Å². The van der Waals surface area contributed by atoms with Crippen molar-refractivity contribution in [1.29, 1.82) is 0 Å². The minimum atomic E-state index is -4.39. The minimum Gasteiger partial charge on any atom is -0.462 e. The van der Waals surface area contributed by atoms with Crippen molar-refractivity contribution in [2.24, 2.45) is 0 Å². The number of rotatable bonds is 72. The summed E-state index contributed by atoms with van der Waals surface area (Å²) in [6.07, 6.45) is 96.1. The summed E-state index contributed by atoms with van der Waals surface area (Å²) in [5.74, 6) is -0.774. The zero-order valence-corrected chi connectivity index (χ0v) is 61.0. The summed E-state index contributed by atoms with van der Waals surface area (Å²) in [5, 5.41) is 0. The molecule has 0 saturated heterocycles. The Labute approximate surface area is 559 Å². The van der Waals surface area contributed by atoms with Gasteiger partial charge in [-0.25, -0.2) is 4.57 Å². The molecule has 2 atom stereocenters. The predicted octanol–water partition coefficient (Wildman–Crippen LogP) is 25.5. The summed E-state index contributed by atoms with van der Waals surface area (Å²) >= 11 is 0. The molecule has 0 bridgehead atoms. The maximum Gasteiger partial charge on any atom is 0.472 e. The van der Waals surface area contributed by atoms with Gasteiger partial charge >= 0.3 is 19.8 Å². The Hall–Kier alpha value is -2.55. The van der Waals surface area contributed by atoms with Crippen molar-refractivity contribution in [2.75, 3.05) is 47.5 Å². The topological polar surface area (TPSA) is 108 Å². The molecule has 0 aromatic carbocycles. The summed E-state index contributed by atoms with van der Waals surface area (Å²) < 4.78 is 34.8. The highest BCUT2D eigenvalue weighted by atomic mass is 31.2. The van der Waals surface area contributed by atoms with E-state index in [1.165, 1.54) is 270 Å². The van der Waals surface area contributed by atoms with Crippen molar-refractivity contribution in [1.82, 2.24) is 0 Å². The number of allylic oxidation sites excluding steroid dienone is 12. The fourth-order valence-corrected chi connectivity index (χ4v) is 12.1. The van der Waals surface area contributed by atoms with Crippen LogP contribution in [-0.4, -0.2) is 74.9 Å². The number of likely N-dealkylation sites (N-methyl/N-ethyl adjacent to an activating group) is 1. The number of nitrogens with zero attached hydrogens (tertiary/aromatic N) is 1. The molecule has 2 unspecified atom stereocenters. The molecule has 9 nitrogen and oxygen atoms in total. The van der Waals surface area contributed by atoms with Crippen molar-refractivity contribution in [3.05, 3.63) is 72.9 Å². The molecule has 0 aromatic rings. The third kappa shape index (κ3) is 74.5. The van der Waals surface area contributed by atoms with Crippen molar-refractivity contribution in [2.45, 2.75) is 380 Å². The van der Waals surface area contributed by atoms with E-state index in [-0.39, 0.29) is 25.6 Å². The van der Waals surface area contributed by atoms with Crippen molar-refractivity contribution in [3.63, 3.8) is 0 Å². The van der Waals surface area contributed by atoms with Crippen LogP contribution in [0.2, 0.25) is 0 Å². The van der Waals surface area contributed by atoms with Gasteiger partial charge in [0.05, 0.1) is 27.7 Å². The molecule has 0 aliphatic carbocycles. The first-order valence-electron chi connectivity index (χ1n) is 38.7. The van der Waals surface area contributed by atoms with E-state index in [2.05, 4.69) is 86.8 Å². The van der Waals surface area contributed by atoms with Crippen LogP contribution in [0.15, 0.2) is 72.9 Å². The molecule has 0 radical (unpaired) electrons. The molecule has 1 N–H and O–H groups in total. The van der Waals surface area contributed by atoms with Crippen molar-refractivity contribution < 1.29 is 42.1 Å². The molecular formula is C80H149NO8P+. The fourth-order valence-electron chi connectivity index (χ4n) is 11.4. The van der Waals surface area contributed by atoms with E-state index in [1.807, 2.05) is 21.1 Å². The number of hydrogen-bond donors (Lipinski definition) is 1. The van der Waals surface area contributed by atoms with Gasteiger partial charge in [-0.3, -0.25) is 18.6 Å². The van der Waals surface area contributed by atoms with Gasteiger partial charge in [0, 0.05) is 12.8 Å². The van der Waals surface area contributed by atoms with Gasteiger partial charge in [-0.1, -0.05) is 369 Å². The van der Waals surface area contributed by atoms with Gasteiger partial charge in [0.1, 0.15) is 19.8 Å². The number of carbonyl (C=O) groups excluding carboxylic acids is 2. The molecular weight excluding hydrogens is 1130 g/mol. The largest absolute Gasteiger partial charge is 0.472 e. The second-order valence-corrected chi connectivity index (χ2v) is 28.8. The Morgan fingerprint density at radius 2 is 0.633 bits per heavy atom. The van der Waals surface area contributed by atoms with E-state index < -0.39 is 26.5 Å². The van der Waals surface area contributed by atoms with E-state index in [0.29, 0.717) is 23.9 Å². The summed E-state index contributed by atoms with van der Waals surface area (Å²) in [6, 6.07) is 0. The summed E-state index contributed by atoms with van der Waals surface area (Å²) in [5.41, 5.74) is 0. The van der Waals surface area contributed by atoms with E-state index in [1.54, 1.807) is 0 Å². The van der Waals surface area contributed by atoms with Gasteiger partial charge in [-0.15, -0.1) is 0 Å². The highest BCUT2D eigenvalue weighted by molar-refractivity contribution is 7.47. The Morgan fingerprint density at radius 1 is 0.356 bits per heavy atom. The van der Waals surface area contributed by atoms with Crippen LogP contribution in [0.1, 0.15) is 373 Å². The van der Waals surface area contributed by atoms with Crippen LogP contribution in [0.3, 0.4) is 0 Å². The molecule has 0 rings (SSSR count). The van der Waals surface area contributed by atoms with E-state index in [4.69, 9.17) is 18.5 Å². The Kier molecular flexibility index (Phi) is 68.8. The number of quaternary nitrogens is 1. The lowest BCUT2D eigenvalue weighted by atomic mass is 10.0. The van der Waals surface area contributed by atoms with Crippen LogP contribution in [-0.2, 0) is 32.7 Å². The van der Waals surface area contributed by atoms with E-state index in [9.17, 15) is 19.0 Å². The second kappa shape index (κ2) is 70.8. The van der Waals surface area contributed by atoms with Crippen molar-refractivity contribution in [3.8, 4) is 0 Å². The Bertz CT molecular complexity index is 1750. The normalized spacial score (nSPS) is 13.4. The van der Waals surface area contributed by atoms with Gasteiger partial charge in [-0.05, 0) is 64.2 Å². The molecule has 0 fully saturated rings. The quantitative estimate of drug-likeness (QED) is 0.0211. The fraction of sp³-hybridized carbons (Fsp3) is 0.825. The molecule has 0 aliphatic rings. The maximum absolute atomic E-state index is 12.9. The summed E-state index contributed by atoms with van der Waals surface area (Å²) in [6.45, 7) is 4.39. The standard InChI is InChI=1S/C80H148NO8P/c1-6-8-10-12-14-16-18-20-22-24-26-28-30-32-33-34-35-36-37-38-39-40-41-42-43-44-45-46-47-49-51-53-55-57-59-61-63-65-67-69-71-73-80(83)89-78(77-88-90(84,85)87-75-74-81(3,4)5)76-86-79(82)72-70-68-66-64-62-60-58-56-54-52-50-48-31-29-27-25-23-21-19-17-15-13-11-9-7-2/h8,10,14,16,20,22,26,28,32-33,35-36,78H,6-7,9,11-13,15,17-19,21,23-25,27,29-31,34,37-77H2,1-5H3/p+1/b10-8-,16-14-,22-20-,28-26-,33-32-,36-35-. The number of carbonyl (C=O) groups is 2. The highest BCUT2D eigenvalue weighted by Crippen LogP contribution is 2.43. The molecule has 0 heterocycles. The van der Waals surface area contributed by atoms with Gasteiger partial charge in [0.15, 0.2) is 6.10 Å². The molecule has 90 heavy (non-hydrogen) atoms. The lowest BCUT2D eigenvalue weighted by Gasteiger charge is -2.24. The lowest BCUT2D eigenvalue weighted by Crippen LogP contribution is -2.37. The number of esters is 2. The number of unbranched alkanes of at least 4 members (excludes halogenated alkanes) is 46. The molecule has 526 valence electrons. The second-order valence-electron chi connectivity index (χ2n) is 27.4. The van der Waals surface area contributed by atoms with Crippen molar-refractivity contribution >= 4 is 19.8 Å². The molecule has 0 aliphatic heterocycles. The zero-order valence-electron chi connectivity index (χ0n) is 60.1. The monoisotopic (exact) mass is 1280 g/mol. The van der Waals surface area contributed by atoms with Gasteiger partial charge in [0.25, 0.3) is 0 Å². The van der Waals surface area contributed by atoms with E-state index >= 15 is 0 Å². The average Bonchev–Trinajstić information content (AvgIpc) is 3.62.